The maximum Gasteiger partial charge on any atom is 0.250 e. The molecule has 1 unspecified atom stereocenters. The lowest BCUT2D eigenvalue weighted by Crippen LogP contribution is -2.24. The Morgan fingerprint density at radius 3 is 2.12 bits per heavy atom. The summed E-state index contributed by atoms with van der Waals surface area (Å²) in [7, 11) is 0. The van der Waals surface area contributed by atoms with Crippen molar-refractivity contribution in [2.24, 2.45) is 0 Å². The van der Waals surface area contributed by atoms with Gasteiger partial charge in [-0.25, -0.2) is 0 Å². The van der Waals surface area contributed by atoms with E-state index in [9.17, 15) is 4.79 Å². The normalized spacial score (nSPS) is 14.3. The lowest BCUT2D eigenvalue weighted by atomic mass is 9.79. The van der Waals surface area contributed by atoms with Crippen LogP contribution in [0.25, 0.3) is 0 Å². The quantitative estimate of drug-likeness (QED) is 0.315. The SMILES string of the molecule is C=C(C)C(=O)Nc1cccc2c1C(c1ccccc1)c1ccccc1N2c1ccccc1. The first-order valence-electron chi connectivity index (χ1n) is 10.7. The van der Waals surface area contributed by atoms with Crippen LogP contribution in [0.4, 0.5) is 22.7 Å². The molecule has 0 fully saturated rings. The number of rotatable bonds is 4. The average Bonchev–Trinajstić information content (AvgIpc) is 2.83. The molecule has 0 bridgehead atoms. The minimum Gasteiger partial charge on any atom is -0.322 e. The number of hydrogen-bond donors (Lipinski definition) is 1. The minimum atomic E-state index is -0.171. The summed E-state index contributed by atoms with van der Waals surface area (Å²) in [5.74, 6) is -0.181. The number of para-hydroxylation sites is 2. The van der Waals surface area contributed by atoms with E-state index in [1.54, 1.807) is 6.92 Å². The summed E-state index contributed by atoms with van der Waals surface area (Å²) in [6.07, 6.45) is 0. The lowest BCUT2D eigenvalue weighted by Gasteiger charge is -2.39. The highest BCUT2D eigenvalue weighted by Crippen LogP contribution is 2.53. The first kappa shape index (κ1) is 19.8. The number of carbonyl (C=O) groups is 1. The van der Waals surface area contributed by atoms with Crippen LogP contribution in [0.5, 0.6) is 0 Å². The number of fused-ring (bicyclic) bond motifs is 2. The zero-order valence-electron chi connectivity index (χ0n) is 18.0. The van der Waals surface area contributed by atoms with Crippen molar-refractivity contribution < 1.29 is 4.79 Å². The van der Waals surface area contributed by atoms with E-state index in [1.807, 2.05) is 36.4 Å². The molecule has 1 aliphatic heterocycles. The number of hydrogen-bond acceptors (Lipinski definition) is 2. The molecule has 0 saturated heterocycles. The molecular weight excluding hydrogens is 392 g/mol. The number of nitrogens with zero attached hydrogens (tertiary/aromatic N) is 1. The summed E-state index contributed by atoms with van der Waals surface area (Å²) >= 11 is 0. The second-order valence-corrected chi connectivity index (χ2v) is 8.05. The van der Waals surface area contributed by atoms with Crippen LogP contribution in [0.2, 0.25) is 0 Å². The molecule has 1 heterocycles. The van der Waals surface area contributed by atoms with Crippen LogP contribution < -0.4 is 10.2 Å². The Hall–Kier alpha value is -4.11. The molecule has 0 aromatic heterocycles. The first-order valence-corrected chi connectivity index (χ1v) is 10.7. The monoisotopic (exact) mass is 416 g/mol. The second kappa shape index (κ2) is 8.20. The van der Waals surface area contributed by atoms with E-state index in [4.69, 9.17) is 0 Å². The van der Waals surface area contributed by atoms with Gasteiger partial charge in [0.1, 0.15) is 0 Å². The highest BCUT2D eigenvalue weighted by Gasteiger charge is 2.34. The van der Waals surface area contributed by atoms with Crippen molar-refractivity contribution in [3.63, 3.8) is 0 Å². The molecule has 0 radical (unpaired) electrons. The van der Waals surface area contributed by atoms with Crippen LogP contribution in [0.1, 0.15) is 29.5 Å². The highest BCUT2D eigenvalue weighted by molar-refractivity contribution is 6.04. The zero-order chi connectivity index (χ0) is 22.1. The van der Waals surface area contributed by atoms with E-state index in [0.717, 1.165) is 28.3 Å². The van der Waals surface area contributed by atoms with E-state index < -0.39 is 0 Å². The van der Waals surface area contributed by atoms with Crippen LogP contribution in [-0.2, 0) is 4.79 Å². The van der Waals surface area contributed by atoms with Gasteiger partial charge in [-0.2, -0.15) is 0 Å². The van der Waals surface area contributed by atoms with E-state index in [2.05, 4.69) is 83.5 Å². The van der Waals surface area contributed by atoms with Gasteiger partial charge in [0.25, 0.3) is 5.91 Å². The predicted molar refractivity (Wildman–Crippen MR) is 132 cm³/mol. The van der Waals surface area contributed by atoms with Gasteiger partial charge in [0, 0.05) is 28.4 Å². The van der Waals surface area contributed by atoms with Crippen LogP contribution in [-0.4, -0.2) is 5.91 Å². The number of nitrogens with one attached hydrogen (secondary N) is 1. The number of benzene rings is 4. The molecule has 0 saturated carbocycles. The molecule has 156 valence electrons. The molecular formula is C29H24N2O. The van der Waals surface area contributed by atoms with Gasteiger partial charge in [0.05, 0.1) is 11.4 Å². The third kappa shape index (κ3) is 3.38. The Kier molecular flexibility index (Phi) is 5.08. The Balaban J connectivity index is 1.81. The van der Waals surface area contributed by atoms with Crippen LogP contribution in [0.3, 0.4) is 0 Å². The zero-order valence-corrected chi connectivity index (χ0v) is 18.0. The second-order valence-electron chi connectivity index (χ2n) is 8.05. The van der Waals surface area contributed by atoms with E-state index >= 15 is 0 Å². The molecule has 0 spiro atoms. The van der Waals surface area contributed by atoms with Gasteiger partial charge in [-0.05, 0) is 48.4 Å². The Morgan fingerprint density at radius 1 is 0.781 bits per heavy atom. The highest BCUT2D eigenvalue weighted by atomic mass is 16.1. The van der Waals surface area contributed by atoms with Gasteiger partial charge in [0.15, 0.2) is 0 Å². The van der Waals surface area contributed by atoms with Gasteiger partial charge >= 0.3 is 0 Å². The van der Waals surface area contributed by atoms with Crippen molar-refractivity contribution in [3.05, 3.63) is 132 Å². The van der Waals surface area contributed by atoms with Crippen molar-refractivity contribution in [2.75, 3.05) is 10.2 Å². The van der Waals surface area contributed by atoms with Crippen molar-refractivity contribution in [1.29, 1.82) is 0 Å². The first-order chi connectivity index (χ1) is 15.6. The van der Waals surface area contributed by atoms with Gasteiger partial charge in [-0.1, -0.05) is 79.4 Å². The molecule has 1 aliphatic rings. The summed E-state index contributed by atoms with van der Waals surface area (Å²) in [5.41, 5.74) is 8.03. The third-order valence-corrected chi connectivity index (χ3v) is 5.88. The van der Waals surface area contributed by atoms with Crippen LogP contribution in [0.15, 0.2) is 115 Å². The predicted octanol–water partition coefficient (Wildman–Crippen LogP) is 7.16. The van der Waals surface area contributed by atoms with Crippen molar-refractivity contribution >= 4 is 28.7 Å². The van der Waals surface area contributed by atoms with Crippen molar-refractivity contribution in [3.8, 4) is 0 Å². The van der Waals surface area contributed by atoms with E-state index in [1.165, 1.54) is 11.1 Å². The van der Waals surface area contributed by atoms with E-state index in [0.29, 0.717) is 5.57 Å². The molecule has 4 aromatic rings. The Bertz CT molecular complexity index is 1300. The molecule has 0 aliphatic carbocycles. The van der Waals surface area contributed by atoms with E-state index in [-0.39, 0.29) is 11.8 Å². The number of anilines is 4. The molecule has 4 aromatic carbocycles. The summed E-state index contributed by atoms with van der Waals surface area (Å²) in [6.45, 7) is 5.54. The Labute approximate surface area is 188 Å². The topological polar surface area (TPSA) is 32.3 Å². The largest absolute Gasteiger partial charge is 0.322 e. The van der Waals surface area contributed by atoms with Gasteiger partial charge in [0.2, 0.25) is 0 Å². The van der Waals surface area contributed by atoms with Crippen LogP contribution in [0, 0.1) is 0 Å². The van der Waals surface area contributed by atoms with Gasteiger partial charge < -0.3 is 10.2 Å². The van der Waals surface area contributed by atoms with Crippen molar-refractivity contribution in [2.45, 2.75) is 12.8 Å². The number of amides is 1. The smallest absolute Gasteiger partial charge is 0.250 e. The number of carbonyl (C=O) groups excluding carboxylic acids is 1. The summed E-state index contributed by atoms with van der Waals surface area (Å²) in [6, 6.07) is 35.4. The molecule has 3 nitrogen and oxygen atoms in total. The molecule has 1 N–H and O–H groups in total. The molecule has 32 heavy (non-hydrogen) atoms. The molecule has 1 amide bonds. The third-order valence-electron chi connectivity index (χ3n) is 5.88. The average molecular weight is 417 g/mol. The summed E-state index contributed by atoms with van der Waals surface area (Å²) in [5, 5.41) is 3.11. The lowest BCUT2D eigenvalue weighted by molar-refractivity contribution is -0.112. The minimum absolute atomic E-state index is 0.0102. The maximum absolute atomic E-state index is 12.6. The van der Waals surface area contributed by atoms with Gasteiger partial charge in [-0.15, -0.1) is 0 Å². The molecule has 3 heteroatoms. The Morgan fingerprint density at radius 2 is 1.41 bits per heavy atom. The summed E-state index contributed by atoms with van der Waals surface area (Å²) < 4.78 is 0. The fraction of sp³-hybridized carbons (Fsp3) is 0.0690. The molecule has 1 atom stereocenters. The van der Waals surface area contributed by atoms with Gasteiger partial charge in [-0.3, -0.25) is 4.79 Å². The summed E-state index contributed by atoms with van der Waals surface area (Å²) in [4.78, 5) is 14.9. The fourth-order valence-electron chi connectivity index (χ4n) is 4.46. The standard InChI is InChI=1S/C29H24N2O/c1-20(2)29(32)30-24-17-11-19-26-28(24)27(21-12-5-3-6-13-21)23-16-9-10-18-25(23)31(26)22-14-7-4-8-15-22/h3-19,27H,1H2,2H3,(H,30,32). The maximum atomic E-state index is 12.6. The van der Waals surface area contributed by atoms with Crippen LogP contribution >= 0.6 is 0 Å². The fourth-order valence-corrected chi connectivity index (χ4v) is 4.46. The van der Waals surface area contributed by atoms with Crippen molar-refractivity contribution in [1.82, 2.24) is 0 Å². The molecule has 5 rings (SSSR count).